The molecule has 57 heavy (non-hydrogen) atoms. The summed E-state index contributed by atoms with van der Waals surface area (Å²) < 4.78 is 190. The Morgan fingerprint density at radius 1 is 0.456 bits per heavy atom. The lowest BCUT2D eigenvalue weighted by atomic mass is 9.99. The number of benzene rings is 8. The third kappa shape index (κ3) is 5.04. The predicted molar refractivity (Wildman–Crippen MR) is 236 cm³/mol. The first-order chi connectivity index (χ1) is 36.6. The van der Waals surface area contributed by atoms with E-state index in [1.54, 1.807) is 60.7 Å². The van der Waals surface area contributed by atoms with Crippen LogP contribution in [-0.2, 0) is 0 Å². The van der Waals surface area contributed by atoms with Crippen LogP contribution >= 0.6 is 11.3 Å². The molecular weight excluding hydrogens is 717 g/mol. The van der Waals surface area contributed by atoms with Gasteiger partial charge in [0.05, 0.1) is 38.4 Å². The molecule has 8 aromatic carbocycles. The van der Waals surface area contributed by atoms with Crippen LogP contribution < -0.4 is 0 Å². The lowest BCUT2D eigenvalue weighted by Gasteiger charge is -2.11. The lowest BCUT2D eigenvalue weighted by molar-refractivity contribution is 0.669. The predicted octanol–water partition coefficient (Wildman–Crippen LogP) is 13.9. The maximum atomic E-state index is 9.70. The zero-order chi connectivity index (χ0) is 54.9. The lowest BCUT2D eigenvalue weighted by Crippen LogP contribution is -2.06. The molecule has 0 aliphatic carbocycles. The first kappa shape index (κ1) is 18.0. The van der Waals surface area contributed by atoms with Gasteiger partial charge < -0.3 is 4.42 Å². The SMILES string of the molecule is [2H]c1c([2H])c([2H])c(-c2nc(-c3c([2H])c([2H])c4c(oc5c([2H])c([2H])c([2H])c(-c6ccccc6)c54)c3[2H])nc(-n3c4c([2H])c([2H])c([2H])c([2H])c4c4c5c(sc6c([2H])c([2H])c(-c7ccccc7)c([2H])c65)c([2H])c([2H])c43)n2)c([2H])c1[2H]. The molecule has 0 radical (unpaired) electrons. The van der Waals surface area contributed by atoms with E-state index in [1.165, 1.54) is 0 Å². The van der Waals surface area contributed by atoms with Gasteiger partial charge in [-0.3, -0.25) is 4.57 Å². The number of aromatic nitrogens is 4. The molecule has 0 spiro atoms. The molecule has 0 aliphatic heterocycles. The Morgan fingerprint density at radius 3 is 2.04 bits per heavy atom. The van der Waals surface area contributed by atoms with E-state index >= 15 is 0 Å². The van der Waals surface area contributed by atoms with Crippen LogP contribution in [0.25, 0.3) is 115 Å². The molecule has 12 rings (SSSR count). The molecule has 0 amide bonds. The zero-order valence-corrected chi connectivity index (χ0v) is 29.7. The highest BCUT2D eigenvalue weighted by molar-refractivity contribution is 7.26. The van der Waals surface area contributed by atoms with Crippen LogP contribution in [0.2, 0.25) is 0 Å². The third-order valence-corrected chi connectivity index (χ3v) is 10.6. The Kier molecular flexibility index (Phi) is 3.97. The number of para-hydroxylation sites is 1. The fourth-order valence-corrected chi connectivity index (χ4v) is 8.06. The van der Waals surface area contributed by atoms with Crippen LogP contribution in [-0.4, -0.2) is 19.5 Å². The molecule has 0 unspecified atom stereocenters. The average molecular weight is 767 g/mol. The summed E-state index contributed by atoms with van der Waals surface area (Å²) in [6.45, 7) is 0. The minimum Gasteiger partial charge on any atom is -0.456 e. The third-order valence-electron chi connectivity index (χ3n) is 9.57. The molecule has 0 saturated carbocycles. The molecule has 0 N–H and O–H groups in total. The van der Waals surface area contributed by atoms with Gasteiger partial charge in [-0.1, -0.05) is 133 Å². The molecule has 0 aliphatic rings. The van der Waals surface area contributed by atoms with Crippen molar-refractivity contribution in [1.29, 1.82) is 0 Å². The molecule has 4 aromatic heterocycles. The topological polar surface area (TPSA) is 56.7 Å². The molecule has 6 heteroatoms. The van der Waals surface area contributed by atoms with E-state index in [0.29, 0.717) is 11.1 Å². The summed E-state index contributed by atoms with van der Waals surface area (Å²) in [5.41, 5.74) is -1.70. The largest absolute Gasteiger partial charge is 0.456 e. The van der Waals surface area contributed by atoms with Gasteiger partial charge in [-0.15, -0.1) is 11.3 Å². The summed E-state index contributed by atoms with van der Waals surface area (Å²) >= 11 is 0.851. The van der Waals surface area contributed by atoms with Gasteiger partial charge in [-0.25, -0.2) is 4.98 Å². The fourth-order valence-electron chi connectivity index (χ4n) is 7.10. The minimum absolute atomic E-state index is 0.00373. The van der Waals surface area contributed by atoms with Gasteiger partial charge in [0.2, 0.25) is 5.95 Å². The van der Waals surface area contributed by atoms with E-state index in [9.17, 15) is 12.3 Å². The fraction of sp³-hybridized carbons (Fsp3) is 0. The van der Waals surface area contributed by atoms with Crippen LogP contribution in [0.5, 0.6) is 0 Å². The van der Waals surface area contributed by atoms with Crippen molar-refractivity contribution in [3.8, 4) is 51.0 Å². The molecule has 5 nitrogen and oxygen atoms in total. The van der Waals surface area contributed by atoms with Crippen LogP contribution in [0, 0.1) is 0 Å². The summed E-state index contributed by atoms with van der Waals surface area (Å²) in [6.07, 6.45) is 0. The normalized spacial score (nSPS) is 16.8. The van der Waals surface area contributed by atoms with Crippen LogP contribution in [0.3, 0.4) is 0 Å². The van der Waals surface area contributed by atoms with Crippen LogP contribution in [0.4, 0.5) is 0 Å². The Morgan fingerprint density at radius 2 is 1.19 bits per heavy atom. The Labute approximate surface area is 358 Å². The second-order valence-electron chi connectivity index (χ2n) is 12.8. The van der Waals surface area contributed by atoms with E-state index in [-0.39, 0.29) is 88.1 Å². The average Bonchev–Trinajstić information content (AvgIpc) is 4.13. The van der Waals surface area contributed by atoms with E-state index in [4.69, 9.17) is 19.5 Å². The quantitative estimate of drug-likeness (QED) is 0.175. The monoisotopic (exact) mass is 766 g/mol. The maximum absolute atomic E-state index is 9.70. The van der Waals surface area contributed by atoms with Crippen LogP contribution in [0.1, 0.15) is 27.4 Å². The first-order valence-electron chi connectivity index (χ1n) is 27.4. The van der Waals surface area contributed by atoms with E-state index < -0.39 is 137 Å². The molecule has 0 fully saturated rings. The number of rotatable bonds is 5. The van der Waals surface area contributed by atoms with Crippen molar-refractivity contribution in [2.75, 3.05) is 0 Å². The van der Waals surface area contributed by atoms with Crippen LogP contribution in [0.15, 0.2) is 186 Å². The second-order valence-corrected chi connectivity index (χ2v) is 13.8. The Balaban J connectivity index is 1.28. The van der Waals surface area contributed by atoms with Gasteiger partial charge in [-0.2, -0.15) is 9.97 Å². The van der Waals surface area contributed by atoms with Gasteiger partial charge in [0, 0.05) is 52.8 Å². The van der Waals surface area contributed by atoms with Gasteiger partial charge in [0.15, 0.2) is 11.6 Å². The number of nitrogens with zero attached hydrogens (tertiary/aromatic N) is 4. The standard InChI is InChI=1S/C51H30N4OS/c1-4-13-31(14-5-1)34-24-27-44-39(29-34)48-45(57-44)28-26-41-47(48)37-19-10-11-21-40(37)55(41)51-53-49(33-17-8-3-9-18-33)52-50(54-51)35-23-25-38-43(30-35)56-42-22-12-20-36(46(38)42)32-15-6-2-7-16-32/h1-30H/i3D,8D,9D,10D,11D,12D,17D,18D,19D,20D,21D,22D,23D,24D,25D,26D,27D,28D,29D,30D. The second kappa shape index (κ2) is 12.6. The highest BCUT2D eigenvalue weighted by atomic mass is 32.1. The summed E-state index contributed by atoms with van der Waals surface area (Å²) in [5.74, 6) is -2.07. The molecule has 0 saturated heterocycles. The highest BCUT2D eigenvalue weighted by Gasteiger charge is 2.22. The van der Waals surface area contributed by atoms with Gasteiger partial charge >= 0.3 is 0 Å². The molecule has 0 bridgehead atoms. The van der Waals surface area contributed by atoms with Crippen molar-refractivity contribution in [2.45, 2.75) is 0 Å². The van der Waals surface area contributed by atoms with Crippen molar-refractivity contribution in [3.05, 3.63) is 182 Å². The summed E-state index contributed by atoms with van der Waals surface area (Å²) in [6, 6.07) is 4.37. The van der Waals surface area contributed by atoms with Crippen molar-refractivity contribution < 1.29 is 31.8 Å². The van der Waals surface area contributed by atoms with Gasteiger partial charge in [0.25, 0.3) is 0 Å². The van der Waals surface area contributed by atoms with Crippen molar-refractivity contribution in [2.24, 2.45) is 0 Å². The van der Waals surface area contributed by atoms with Gasteiger partial charge in [-0.05, 0) is 70.6 Å². The molecular formula is C51H30N4OS. The Bertz CT molecular complexity index is 4670. The van der Waals surface area contributed by atoms with Crippen molar-refractivity contribution in [1.82, 2.24) is 19.5 Å². The Hall–Kier alpha value is -7.41. The number of hydrogen-bond acceptors (Lipinski definition) is 5. The molecule has 4 heterocycles. The minimum atomic E-state index is -0.818. The number of thiophene rings is 1. The van der Waals surface area contributed by atoms with Gasteiger partial charge in [0.1, 0.15) is 11.2 Å². The molecule has 0 atom stereocenters. The first-order valence-corrected chi connectivity index (χ1v) is 18.2. The summed E-state index contributed by atoms with van der Waals surface area (Å²) in [7, 11) is 0. The maximum Gasteiger partial charge on any atom is 0.238 e. The van der Waals surface area contributed by atoms with E-state index in [2.05, 4.69) is 15.0 Å². The molecule has 12 aromatic rings. The molecule has 266 valence electrons. The van der Waals surface area contributed by atoms with Crippen molar-refractivity contribution in [3.63, 3.8) is 0 Å². The van der Waals surface area contributed by atoms with Crippen molar-refractivity contribution >= 4 is 75.3 Å². The highest BCUT2D eigenvalue weighted by Crippen LogP contribution is 2.45. The van der Waals surface area contributed by atoms with E-state index in [0.717, 1.165) is 15.9 Å². The number of hydrogen-bond donors (Lipinski definition) is 0. The number of furan rings is 1. The number of fused-ring (bicyclic) bond motifs is 10. The smallest absolute Gasteiger partial charge is 0.238 e. The summed E-state index contributed by atoms with van der Waals surface area (Å²) in [5, 5.41) is -0.502. The van der Waals surface area contributed by atoms with E-state index in [1.807, 2.05) is 0 Å². The summed E-state index contributed by atoms with van der Waals surface area (Å²) in [4.78, 5) is 13.8. The zero-order valence-electron chi connectivity index (χ0n) is 48.9.